The molecule has 0 aromatic heterocycles. The van der Waals surface area contributed by atoms with Crippen molar-refractivity contribution in [2.75, 3.05) is 13.6 Å². The van der Waals surface area contributed by atoms with E-state index in [4.69, 9.17) is 0 Å². The molecular formula is C9H20NO+. The Kier molecular flexibility index (Phi) is 2.26. The van der Waals surface area contributed by atoms with Crippen LogP contribution in [0.4, 0.5) is 0 Å². The van der Waals surface area contributed by atoms with Gasteiger partial charge in [0.25, 0.3) is 0 Å². The Morgan fingerprint density at radius 1 is 1.45 bits per heavy atom. The predicted octanol–water partition coefficient (Wildman–Crippen LogP) is -0.320. The Morgan fingerprint density at radius 2 is 2.00 bits per heavy atom. The fraction of sp³-hybridized carbons (Fsp3) is 1.00. The number of aliphatic hydroxyl groups excluding tert-OH is 1. The number of piperidine rings is 1. The molecule has 3 atom stereocenters. The molecular weight excluding hydrogens is 138 g/mol. The molecule has 11 heavy (non-hydrogen) atoms. The molecule has 1 aliphatic heterocycles. The standard InChI is InChI=1S/C9H19NO/c1-7-5-8(11)9(2,3)10(4)6-7/h7-8,11H,5-6H2,1-4H3/p+1/t7-,8+/m0/s1. The van der Waals surface area contributed by atoms with E-state index in [2.05, 4.69) is 27.8 Å². The van der Waals surface area contributed by atoms with Crippen LogP contribution in [0.5, 0.6) is 0 Å². The predicted molar refractivity (Wildman–Crippen MR) is 45.6 cm³/mol. The SMILES string of the molecule is C[C@H]1C[C@@H](O)C(C)(C)[NH+](C)C1. The van der Waals surface area contributed by atoms with Crippen LogP contribution >= 0.6 is 0 Å². The van der Waals surface area contributed by atoms with E-state index in [9.17, 15) is 5.11 Å². The summed E-state index contributed by atoms with van der Waals surface area (Å²) in [6, 6.07) is 0. The van der Waals surface area contributed by atoms with Crippen LogP contribution in [-0.2, 0) is 0 Å². The number of quaternary nitrogens is 1. The summed E-state index contributed by atoms with van der Waals surface area (Å²) >= 11 is 0. The minimum Gasteiger partial charge on any atom is -0.387 e. The molecule has 1 fully saturated rings. The fourth-order valence-corrected chi connectivity index (χ4v) is 1.83. The summed E-state index contributed by atoms with van der Waals surface area (Å²) in [5.74, 6) is 0.665. The monoisotopic (exact) mass is 158 g/mol. The zero-order valence-electron chi connectivity index (χ0n) is 8.02. The first-order valence-electron chi connectivity index (χ1n) is 4.45. The van der Waals surface area contributed by atoms with Crippen molar-refractivity contribution in [1.82, 2.24) is 0 Å². The van der Waals surface area contributed by atoms with E-state index >= 15 is 0 Å². The van der Waals surface area contributed by atoms with Crippen molar-refractivity contribution < 1.29 is 10.0 Å². The molecule has 2 nitrogen and oxygen atoms in total. The molecule has 1 aliphatic rings. The lowest BCUT2D eigenvalue weighted by atomic mass is 9.83. The Hall–Kier alpha value is -0.0800. The molecule has 66 valence electrons. The van der Waals surface area contributed by atoms with Gasteiger partial charge in [-0.3, -0.25) is 0 Å². The van der Waals surface area contributed by atoms with Crippen LogP contribution in [0.3, 0.4) is 0 Å². The van der Waals surface area contributed by atoms with Crippen LogP contribution in [0.1, 0.15) is 27.2 Å². The zero-order chi connectivity index (χ0) is 8.65. The Balaban J connectivity index is 2.67. The lowest BCUT2D eigenvalue weighted by Crippen LogP contribution is -3.20. The first-order chi connectivity index (χ1) is 4.94. The minimum atomic E-state index is -0.133. The molecule has 0 saturated carbocycles. The van der Waals surface area contributed by atoms with Gasteiger partial charge in [0, 0.05) is 5.92 Å². The third kappa shape index (κ3) is 1.57. The third-order valence-electron chi connectivity index (χ3n) is 3.21. The van der Waals surface area contributed by atoms with Crippen molar-refractivity contribution in [2.45, 2.75) is 38.8 Å². The second-order valence-electron chi connectivity index (χ2n) is 4.56. The molecule has 2 heteroatoms. The van der Waals surface area contributed by atoms with E-state index in [0.29, 0.717) is 5.92 Å². The number of nitrogens with one attached hydrogen (secondary N) is 1. The maximum atomic E-state index is 9.76. The lowest BCUT2D eigenvalue weighted by Gasteiger charge is -2.42. The lowest BCUT2D eigenvalue weighted by molar-refractivity contribution is -0.943. The van der Waals surface area contributed by atoms with E-state index in [1.165, 1.54) is 11.4 Å². The van der Waals surface area contributed by atoms with Gasteiger partial charge in [0.15, 0.2) is 0 Å². The van der Waals surface area contributed by atoms with Crippen molar-refractivity contribution in [3.63, 3.8) is 0 Å². The molecule has 0 aromatic rings. The van der Waals surface area contributed by atoms with Crippen LogP contribution < -0.4 is 4.90 Å². The van der Waals surface area contributed by atoms with Crippen molar-refractivity contribution in [3.8, 4) is 0 Å². The maximum Gasteiger partial charge on any atom is 0.118 e. The van der Waals surface area contributed by atoms with Gasteiger partial charge in [-0.2, -0.15) is 0 Å². The van der Waals surface area contributed by atoms with E-state index in [-0.39, 0.29) is 11.6 Å². The van der Waals surface area contributed by atoms with Gasteiger partial charge in [0.2, 0.25) is 0 Å². The highest BCUT2D eigenvalue weighted by Crippen LogP contribution is 2.17. The zero-order valence-corrected chi connectivity index (χ0v) is 8.02. The quantitative estimate of drug-likeness (QED) is 0.496. The molecule has 1 unspecified atom stereocenters. The molecule has 1 rings (SSSR count). The number of likely N-dealkylation sites (tertiary alicyclic amines) is 1. The Morgan fingerprint density at radius 3 is 2.45 bits per heavy atom. The van der Waals surface area contributed by atoms with Crippen molar-refractivity contribution in [2.24, 2.45) is 5.92 Å². The van der Waals surface area contributed by atoms with Crippen molar-refractivity contribution in [1.29, 1.82) is 0 Å². The molecule has 1 saturated heterocycles. The second-order valence-corrected chi connectivity index (χ2v) is 4.56. The van der Waals surface area contributed by atoms with Crippen LogP contribution in [0, 0.1) is 5.92 Å². The van der Waals surface area contributed by atoms with Crippen LogP contribution in [0.15, 0.2) is 0 Å². The van der Waals surface area contributed by atoms with E-state index in [0.717, 1.165) is 6.42 Å². The number of likely N-dealkylation sites (N-methyl/N-ethyl adjacent to an activating group) is 1. The number of hydrogen-bond donors (Lipinski definition) is 2. The van der Waals surface area contributed by atoms with Gasteiger partial charge < -0.3 is 10.0 Å². The highest BCUT2D eigenvalue weighted by Gasteiger charge is 2.41. The minimum absolute atomic E-state index is 0.0481. The number of rotatable bonds is 0. The topological polar surface area (TPSA) is 24.7 Å². The average molecular weight is 158 g/mol. The van der Waals surface area contributed by atoms with Gasteiger partial charge in [-0.25, -0.2) is 0 Å². The molecule has 2 N–H and O–H groups in total. The van der Waals surface area contributed by atoms with Gasteiger partial charge in [-0.1, -0.05) is 6.92 Å². The first-order valence-corrected chi connectivity index (χ1v) is 4.45. The molecule has 0 aliphatic carbocycles. The van der Waals surface area contributed by atoms with Gasteiger partial charge in [-0.05, 0) is 20.3 Å². The van der Waals surface area contributed by atoms with Crippen molar-refractivity contribution >= 4 is 0 Å². The van der Waals surface area contributed by atoms with Crippen LogP contribution in [0.25, 0.3) is 0 Å². The average Bonchev–Trinajstić information content (AvgIpc) is 1.84. The van der Waals surface area contributed by atoms with Gasteiger partial charge in [0.1, 0.15) is 11.6 Å². The summed E-state index contributed by atoms with van der Waals surface area (Å²) in [6.07, 6.45) is 0.830. The number of hydrogen-bond acceptors (Lipinski definition) is 1. The Bertz CT molecular complexity index is 130. The van der Waals surface area contributed by atoms with Gasteiger partial charge >= 0.3 is 0 Å². The summed E-state index contributed by atoms with van der Waals surface area (Å²) < 4.78 is 0. The van der Waals surface area contributed by atoms with Gasteiger partial charge in [-0.15, -0.1) is 0 Å². The summed E-state index contributed by atoms with van der Waals surface area (Å²) in [7, 11) is 2.17. The highest BCUT2D eigenvalue weighted by atomic mass is 16.3. The highest BCUT2D eigenvalue weighted by molar-refractivity contribution is 4.81. The summed E-state index contributed by atoms with van der Waals surface area (Å²) in [5.41, 5.74) is 0.0481. The summed E-state index contributed by atoms with van der Waals surface area (Å²) in [6.45, 7) is 7.67. The van der Waals surface area contributed by atoms with Crippen LogP contribution in [0.2, 0.25) is 0 Å². The Labute approximate surface area is 69.2 Å². The molecule has 0 bridgehead atoms. The van der Waals surface area contributed by atoms with E-state index < -0.39 is 0 Å². The largest absolute Gasteiger partial charge is 0.387 e. The normalized spacial score (nSPS) is 43.9. The summed E-state index contributed by atoms with van der Waals surface area (Å²) in [4.78, 5) is 1.45. The molecule has 0 radical (unpaired) electrons. The molecule has 0 amide bonds. The second kappa shape index (κ2) is 2.76. The van der Waals surface area contributed by atoms with E-state index in [1.807, 2.05) is 0 Å². The van der Waals surface area contributed by atoms with Crippen molar-refractivity contribution in [3.05, 3.63) is 0 Å². The fourth-order valence-electron chi connectivity index (χ4n) is 1.83. The molecule has 1 heterocycles. The third-order valence-corrected chi connectivity index (χ3v) is 3.21. The maximum absolute atomic E-state index is 9.76. The molecule has 0 spiro atoms. The molecule has 0 aromatic carbocycles. The van der Waals surface area contributed by atoms with Gasteiger partial charge in [0.05, 0.1) is 13.6 Å². The van der Waals surface area contributed by atoms with Crippen LogP contribution in [-0.4, -0.2) is 30.3 Å². The van der Waals surface area contributed by atoms with E-state index in [1.54, 1.807) is 0 Å². The smallest absolute Gasteiger partial charge is 0.118 e. The number of aliphatic hydroxyl groups is 1. The first kappa shape index (κ1) is 9.01. The summed E-state index contributed by atoms with van der Waals surface area (Å²) in [5, 5.41) is 9.76.